The smallest absolute Gasteiger partial charge is 0.305 e. The van der Waals surface area contributed by atoms with Crippen molar-refractivity contribution in [2.45, 2.75) is 226 Å². The number of hydrogen-bond acceptors (Lipinski definition) is 28. The van der Waals surface area contributed by atoms with E-state index in [1.165, 1.54) is 83.7 Å². The summed E-state index contributed by atoms with van der Waals surface area (Å²) in [7, 11) is 1.41. The Morgan fingerprint density at radius 1 is 0.451 bits per heavy atom. The number of aromatic nitrogens is 8. The van der Waals surface area contributed by atoms with Crippen molar-refractivity contribution in [1.29, 1.82) is 21.0 Å². The molecule has 2 fully saturated rings. The minimum Gasteiger partial charge on any atom is -0.513 e. The van der Waals surface area contributed by atoms with Gasteiger partial charge in [0, 0.05) is 107 Å². The summed E-state index contributed by atoms with van der Waals surface area (Å²) in [6.45, 7) is 23.9. The normalized spacial score (nSPS) is 16.4. The number of nitriles is 4. The lowest BCUT2D eigenvalue weighted by Gasteiger charge is -2.43. The van der Waals surface area contributed by atoms with Crippen molar-refractivity contribution in [1.82, 2.24) is 61.4 Å². The molecule has 5 heterocycles. The van der Waals surface area contributed by atoms with Crippen molar-refractivity contribution in [3.05, 3.63) is 225 Å². The first-order valence-electron chi connectivity index (χ1n) is 46.1. The van der Waals surface area contributed by atoms with E-state index in [9.17, 15) is 35.7 Å². The summed E-state index contributed by atoms with van der Waals surface area (Å²) in [5.74, 6) is 6.39. The van der Waals surface area contributed by atoms with Crippen molar-refractivity contribution in [3.63, 3.8) is 0 Å². The maximum absolute atomic E-state index is 11.3. The molecule has 1 saturated carbocycles. The van der Waals surface area contributed by atoms with Gasteiger partial charge in [-0.25, -0.2) is 0 Å². The number of likely N-dealkylation sites (tertiary alicyclic amines) is 1. The summed E-state index contributed by atoms with van der Waals surface area (Å²) in [6.07, 6.45) is 17.0. The predicted molar refractivity (Wildman–Crippen MR) is 501 cm³/mol. The third kappa shape index (κ3) is 22.4. The lowest BCUT2D eigenvalue weighted by Crippen LogP contribution is -2.48. The Morgan fingerprint density at radius 3 is 1.12 bits per heavy atom. The molecule has 4 aromatic heterocycles. The second-order valence-corrected chi connectivity index (χ2v) is 35.5. The van der Waals surface area contributed by atoms with Crippen LogP contribution in [-0.2, 0) is 40.0 Å². The van der Waals surface area contributed by atoms with Crippen molar-refractivity contribution in [2.24, 2.45) is 5.92 Å². The fourth-order valence-electron chi connectivity index (χ4n) is 18.4. The summed E-state index contributed by atoms with van der Waals surface area (Å²) >= 11 is 0. The van der Waals surface area contributed by atoms with Gasteiger partial charge in [-0.15, -0.1) is 0 Å². The van der Waals surface area contributed by atoms with E-state index in [0.29, 0.717) is 145 Å². The maximum atomic E-state index is 11.3. The van der Waals surface area contributed by atoms with Crippen molar-refractivity contribution >= 4 is 11.8 Å². The minimum atomic E-state index is -0.187. The van der Waals surface area contributed by atoms with Gasteiger partial charge in [0.1, 0.15) is 53.1 Å². The van der Waals surface area contributed by atoms with Gasteiger partial charge < -0.3 is 67.6 Å². The molecular weight excluding hydrogens is 1680 g/mol. The number of benzene rings is 8. The molecule has 0 radical (unpaired) electrons. The van der Waals surface area contributed by atoms with E-state index < -0.39 is 0 Å². The van der Waals surface area contributed by atoms with Crippen molar-refractivity contribution < 1.29 is 56.5 Å². The second-order valence-electron chi connectivity index (χ2n) is 35.5. The number of rotatable bonds is 30. The number of methoxy groups -OCH3 is 1. The lowest BCUT2D eigenvalue weighted by atomic mass is 9.93. The van der Waals surface area contributed by atoms with Gasteiger partial charge in [-0.2, -0.15) is 41.0 Å². The van der Waals surface area contributed by atoms with Crippen molar-refractivity contribution in [3.8, 4) is 139 Å². The Labute approximate surface area is 775 Å². The molecule has 4 atom stereocenters. The van der Waals surface area contributed by atoms with Gasteiger partial charge in [0.2, 0.25) is 23.3 Å². The van der Waals surface area contributed by atoms with Gasteiger partial charge in [-0.3, -0.25) is 9.69 Å². The molecular formula is C105H112N16O12. The van der Waals surface area contributed by atoms with E-state index in [-0.39, 0.29) is 59.9 Å². The van der Waals surface area contributed by atoms with Gasteiger partial charge in [-0.1, -0.05) is 119 Å². The first-order chi connectivity index (χ1) is 64.5. The average molecular weight is 1790 g/mol. The highest BCUT2D eigenvalue weighted by Crippen LogP contribution is 2.46. The van der Waals surface area contributed by atoms with E-state index in [2.05, 4.69) is 129 Å². The zero-order valence-electron chi connectivity index (χ0n) is 76.9. The average Bonchev–Trinajstić information content (AvgIpc) is 1.63. The summed E-state index contributed by atoms with van der Waals surface area (Å²) in [6, 6.07) is 56.9. The number of aliphatic hydroxyl groups excluding tert-OH is 1. The fourth-order valence-corrected chi connectivity index (χ4v) is 18.4. The molecule has 684 valence electrons. The SMILES string of the molecule is C=C(O)C1CN(C2CCc3c(-c4noc(-c5ccc(OC(C)C)c(C#N)c5)n4)cccc32)C1.CC(=O)CCCN[C@H]1CCc2c(-c3noc(-c4ccc(OC(C)C)c(C#N)c4)n3)cccc21.CC(C)Oc1ccc(-c2nc(-c3cccc4c3CCC4NC3CCCCC3)no2)cc1C#N.COC(=O)CCCN[C@H]1CCc2c(-c3noc(-c4ccc(OC(C)C)c(C#N)c4)n3)cccc21. The molecule has 8 aromatic carbocycles. The lowest BCUT2D eigenvalue weighted by molar-refractivity contribution is -0.140. The second kappa shape index (κ2) is 43.4. The molecule has 6 aliphatic rings. The zero-order chi connectivity index (χ0) is 93.3. The van der Waals surface area contributed by atoms with Gasteiger partial charge >= 0.3 is 5.97 Å². The molecule has 28 nitrogen and oxygen atoms in total. The van der Waals surface area contributed by atoms with Crippen LogP contribution in [0.4, 0.5) is 0 Å². The van der Waals surface area contributed by atoms with E-state index in [0.717, 1.165) is 113 Å². The summed E-state index contributed by atoms with van der Waals surface area (Å²) in [4.78, 5) is 43.5. The Balaban J connectivity index is 0.000000135. The van der Waals surface area contributed by atoms with Crippen LogP contribution in [0.25, 0.3) is 91.4 Å². The van der Waals surface area contributed by atoms with Crippen LogP contribution in [0.15, 0.2) is 176 Å². The summed E-state index contributed by atoms with van der Waals surface area (Å²) < 4.78 is 49.8. The molecule has 12 aromatic rings. The number of carbonyl (C=O) groups excluding carboxylic acids is 2. The molecule has 133 heavy (non-hydrogen) atoms. The van der Waals surface area contributed by atoms with Crippen LogP contribution in [0.3, 0.4) is 0 Å². The first-order valence-corrected chi connectivity index (χ1v) is 46.1. The van der Waals surface area contributed by atoms with Crippen LogP contribution in [0.1, 0.15) is 237 Å². The van der Waals surface area contributed by atoms with Crippen LogP contribution in [0.5, 0.6) is 23.0 Å². The number of carbonyl (C=O) groups is 2. The molecule has 5 aliphatic carbocycles. The molecule has 0 amide bonds. The number of nitrogens with one attached hydrogen (secondary N) is 3. The Morgan fingerprint density at radius 2 is 0.782 bits per heavy atom. The van der Waals surface area contributed by atoms with Gasteiger partial charge in [0.05, 0.1) is 59.5 Å². The standard InChI is InChI=1S/C27H30N4O2.C26H28N4O4.C26H26N4O3.C26H28N4O3/c1-17(2)32-25-14-11-18(15-19(25)16-28)27-30-26(31-33-27)23-10-6-9-22-21(23)12-13-24(22)29-20-7-4-3-5-8-20;1-16(2)33-23-12-9-17(14-18(23)15-27)26-29-25(30-34-26)21-7-4-6-20-19(21)10-11-22(20)28-13-5-8-24(31)32-3;1-15(2)32-24-10-7-17(11-18(24)12-27)26-28-25(29-33-26)22-6-4-5-21-20(22)8-9-23(21)30-13-19(14-30)16(3)31;1-16(2)32-24-12-9-18(14-19(24)15-27)26-29-25(30-33-26)22-8-4-7-21-20(22)10-11-23(21)28-13-5-6-17(3)31/h6,9-11,14-15,17,20,24,29H,3-5,7-8,12-13H2,1-2H3;4,6-7,9,12,14,16,22,28H,5,8,10-11,13H2,1-3H3;4-7,10-11,15,19,23,31H,3,8-9,13-14H2,1-2H3;4,7-9,12,14,16,23,28H,5-6,10-11,13H2,1-3H3/t;22-;;23-/m.0.0/s1. The third-order valence-electron chi connectivity index (χ3n) is 24.7. The molecule has 0 bridgehead atoms. The Kier molecular flexibility index (Phi) is 30.5. The minimum absolute atomic E-state index is 0.00504. The van der Waals surface area contributed by atoms with E-state index in [1.807, 2.05) is 116 Å². The van der Waals surface area contributed by atoms with E-state index in [4.69, 9.17) is 41.8 Å². The van der Waals surface area contributed by atoms with Crippen LogP contribution < -0.4 is 34.9 Å². The van der Waals surface area contributed by atoms with Gasteiger partial charge in [-0.05, 0) is 270 Å². The van der Waals surface area contributed by atoms with Crippen LogP contribution in [-0.4, -0.2) is 126 Å². The van der Waals surface area contributed by atoms with Crippen LogP contribution in [0.2, 0.25) is 0 Å². The number of ketones is 1. The first kappa shape index (κ1) is 93.7. The summed E-state index contributed by atoms with van der Waals surface area (Å²) in [5.41, 5.74) is 18.6. The number of nitrogens with zero attached hydrogens (tertiary/aromatic N) is 13. The molecule has 0 spiro atoms. The predicted octanol–water partition coefficient (Wildman–Crippen LogP) is 20.6. The largest absolute Gasteiger partial charge is 0.513 e. The Hall–Kier alpha value is -14.0. The van der Waals surface area contributed by atoms with Crippen LogP contribution in [0, 0.1) is 51.2 Å². The summed E-state index contributed by atoms with van der Waals surface area (Å²) in [5, 5.41) is 75.7. The van der Waals surface area contributed by atoms with E-state index in [1.54, 1.807) is 55.5 Å². The van der Waals surface area contributed by atoms with Crippen LogP contribution >= 0.6 is 0 Å². The quantitative estimate of drug-likeness (QED) is 0.0184. The number of Topliss-reactive ketones (excluding diaryl/α,β-unsaturated/α-hetero) is 1. The Bertz CT molecular complexity index is 6340. The van der Waals surface area contributed by atoms with Gasteiger partial charge in [0.25, 0.3) is 23.6 Å². The highest BCUT2D eigenvalue weighted by molar-refractivity contribution is 5.76. The molecule has 1 saturated heterocycles. The van der Waals surface area contributed by atoms with Gasteiger partial charge in [0.15, 0.2) is 0 Å². The topological polar surface area (TPSA) is 391 Å². The maximum Gasteiger partial charge on any atom is 0.305 e. The monoisotopic (exact) mass is 1790 g/mol. The van der Waals surface area contributed by atoms with E-state index >= 15 is 0 Å². The molecule has 2 unspecified atom stereocenters. The number of hydrogen-bond donors (Lipinski definition) is 4. The highest BCUT2D eigenvalue weighted by atomic mass is 16.5. The molecule has 1 aliphatic heterocycles. The van der Waals surface area contributed by atoms with Crippen molar-refractivity contribution in [2.75, 3.05) is 33.3 Å². The number of esters is 1. The number of aliphatic hydroxyl groups is 1. The molecule has 4 N–H and O–H groups in total. The zero-order valence-corrected chi connectivity index (χ0v) is 76.9. The molecule has 18 rings (SSSR count). The highest BCUT2D eigenvalue weighted by Gasteiger charge is 2.39. The molecule has 28 heteroatoms. The number of ether oxygens (including phenoxy) is 5. The fraction of sp³-hybridized carbons (Fsp3) is 0.390. The number of fused-ring (bicyclic) bond motifs is 4. The third-order valence-corrected chi connectivity index (χ3v) is 24.7.